The van der Waals surface area contributed by atoms with Crippen LogP contribution >= 0.6 is 15.9 Å². The van der Waals surface area contributed by atoms with Crippen LogP contribution in [-0.4, -0.2) is 57.7 Å². The van der Waals surface area contributed by atoms with Gasteiger partial charge in [-0.3, -0.25) is 14.3 Å². The Labute approximate surface area is 195 Å². The number of nitrogens with zero attached hydrogens (tertiary/aromatic N) is 5. The highest BCUT2D eigenvalue weighted by Crippen LogP contribution is 2.24. The van der Waals surface area contributed by atoms with E-state index in [-0.39, 0.29) is 18.4 Å². The number of anilines is 2. The minimum absolute atomic E-state index is 0.0603. The van der Waals surface area contributed by atoms with Gasteiger partial charge in [0.2, 0.25) is 5.91 Å². The number of aromatic nitrogens is 3. The maximum absolute atomic E-state index is 13.0. The van der Waals surface area contributed by atoms with Crippen LogP contribution in [0.3, 0.4) is 0 Å². The largest absolute Gasteiger partial charge is 0.367 e. The van der Waals surface area contributed by atoms with Gasteiger partial charge in [0, 0.05) is 49.4 Å². The van der Waals surface area contributed by atoms with Crippen LogP contribution in [0.4, 0.5) is 11.4 Å². The summed E-state index contributed by atoms with van der Waals surface area (Å²) in [6.07, 6.45) is 1.63. The topological polar surface area (TPSA) is 83.4 Å². The molecule has 9 heteroatoms. The van der Waals surface area contributed by atoms with Crippen molar-refractivity contribution in [2.75, 3.05) is 36.4 Å². The molecule has 1 aliphatic rings. The first-order valence-corrected chi connectivity index (χ1v) is 11.3. The van der Waals surface area contributed by atoms with Crippen molar-refractivity contribution in [2.45, 2.75) is 20.4 Å². The van der Waals surface area contributed by atoms with Gasteiger partial charge in [-0.05, 0) is 60.1 Å². The van der Waals surface area contributed by atoms with Gasteiger partial charge in [0.25, 0.3) is 5.91 Å². The average molecular weight is 497 g/mol. The third-order valence-corrected chi connectivity index (χ3v) is 5.93. The van der Waals surface area contributed by atoms with Gasteiger partial charge in [-0.1, -0.05) is 12.1 Å². The molecule has 1 fully saturated rings. The molecule has 0 aliphatic carbocycles. The Balaban J connectivity index is 1.41. The zero-order chi connectivity index (χ0) is 22.7. The quantitative estimate of drug-likeness (QED) is 0.548. The molecule has 0 saturated carbocycles. The monoisotopic (exact) mass is 496 g/mol. The van der Waals surface area contributed by atoms with Crippen LogP contribution in [0.25, 0.3) is 0 Å². The van der Waals surface area contributed by atoms with E-state index in [2.05, 4.69) is 36.2 Å². The third kappa shape index (κ3) is 4.99. The van der Waals surface area contributed by atoms with Gasteiger partial charge < -0.3 is 15.1 Å². The number of pyridine rings is 1. The molecule has 1 aromatic carbocycles. The maximum Gasteiger partial charge on any atom is 0.257 e. The predicted molar refractivity (Wildman–Crippen MR) is 127 cm³/mol. The summed E-state index contributed by atoms with van der Waals surface area (Å²) in [5, 5.41) is 7.32. The SMILES string of the molecule is Cc1cc(C)n(CC(=O)N2CCN(c3ccccc3C(=O)Nc3ccnc(Br)c3)CC2)n1. The molecule has 3 heterocycles. The summed E-state index contributed by atoms with van der Waals surface area (Å²) in [6, 6.07) is 13.0. The molecule has 1 aliphatic heterocycles. The molecule has 2 amide bonds. The third-order valence-electron chi connectivity index (χ3n) is 5.49. The van der Waals surface area contributed by atoms with Gasteiger partial charge in [-0.15, -0.1) is 0 Å². The molecule has 0 atom stereocenters. The van der Waals surface area contributed by atoms with Crippen molar-refractivity contribution in [3.05, 3.63) is 70.2 Å². The highest BCUT2D eigenvalue weighted by atomic mass is 79.9. The van der Waals surface area contributed by atoms with Crippen LogP contribution in [0.5, 0.6) is 0 Å². The van der Waals surface area contributed by atoms with E-state index >= 15 is 0 Å². The lowest BCUT2D eigenvalue weighted by Gasteiger charge is -2.37. The molecule has 2 aromatic heterocycles. The number of carbonyl (C=O) groups is 2. The number of rotatable bonds is 5. The molecular weight excluding hydrogens is 472 g/mol. The Morgan fingerprint density at radius 1 is 1.06 bits per heavy atom. The highest BCUT2D eigenvalue weighted by molar-refractivity contribution is 9.10. The second kappa shape index (κ2) is 9.52. The Kier molecular flexibility index (Phi) is 6.55. The first-order valence-electron chi connectivity index (χ1n) is 10.5. The number of aryl methyl sites for hydroxylation is 2. The number of benzene rings is 1. The summed E-state index contributed by atoms with van der Waals surface area (Å²) in [4.78, 5) is 33.8. The summed E-state index contributed by atoms with van der Waals surface area (Å²) in [6.45, 7) is 6.66. The van der Waals surface area contributed by atoms with Crippen molar-refractivity contribution in [2.24, 2.45) is 0 Å². The fourth-order valence-electron chi connectivity index (χ4n) is 3.88. The second-order valence-corrected chi connectivity index (χ2v) is 8.60. The summed E-state index contributed by atoms with van der Waals surface area (Å²) < 4.78 is 2.41. The molecule has 0 radical (unpaired) electrons. The Morgan fingerprint density at radius 2 is 1.81 bits per heavy atom. The minimum atomic E-state index is -0.179. The Hall–Kier alpha value is -3.20. The van der Waals surface area contributed by atoms with E-state index in [0.717, 1.165) is 17.1 Å². The second-order valence-electron chi connectivity index (χ2n) is 7.79. The smallest absolute Gasteiger partial charge is 0.257 e. The van der Waals surface area contributed by atoms with Crippen LogP contribution in [0.1, 0.15) is 21.7 Å². The first kappa shape index (κ1) is 22.0. The lowest BCUT2D eigenvalue weighted by atomic mass is 10.1. The fraction of sp³-hybridized carbons (Fsp3) is 0.304. The van der Waals surface area contributed by atoms with Crippen molar-refractivity contribution in [1.82, 2.24) is 19.7 Å². The number of carbonyl (C=O) groups excluding carboxylic acids is 2. The number of nitrogens with one attached hydrogen (secondary N) is 1. The molecule has 4 rings (SSSR count). The lowest BCUT2D eigenvalue weighted by Crippen LogP contribution is -2.50. The van der Waals surface area contributed by atoms with Crippen LogP contribution in [0.2, 0.25) is 0 Å². The number of halogens is 1. The van der Waals surface area contributed by atoms with Crippen LogP contribution in [0, 0.1) is 13.8 Å². The van der Waals surface area contributed by atoms with Crippen molar-refractivity contribution in [3.8, 4) is 0 Å². The fourth-order valence-corrected chi connectivity index (χ4v) is 4.24. The van der Waals surface area contributed by atoms with E-state index in [4.69, 9.17) is 0 Å². The summed E-state index contributed by atoms with van der Waals surface area (Å²) >= 11 is 3.32. The number of hydrogen-bond donors (Lipinski definition) is 1. The van der Waals surface area contributed by atoms with Crippen molar-refractivity contribution < 1.29 is 9.59 Å². The summed E-state index contributed by atoms with van der Waals surface area (Å²) in [7, 11) is 0. The first-order chi connectivity index (χ1) is 15.4. The van der Waals surface area contributed by atoms with Gasteiger partial charge in [0.1, 0.15) is 11.1 Å². The number of para-hydroxylation sites is 1. The molecule has 8 nitrogen and oxygen atoms in total. The normalized spacial score (nSPS) is 13.8. The minimum Gasteiger partial charge on any atom is -0.367 e. The van der Waals surface area contributed by atoms with E-state index in [0.29, 0.717) is 42.0 Å². The van der Waals surface area contributed by atoms with E-state index in [1.54, 1.807) is 23.0 Å². The van der Waals surface area contributed by atoms with Crippen LogP contribution < -0.4 is 10.2 Å². The number of amides is 2. The average Bonchev–Trinajstić information content (AvgIpc) is 3.10. The molecular formula is C23H25BrN6O2. The van der Waals surface area contributed by atoms with Crippen LogP contribution in [0.15, 0.2) is 53.3 Å². The number of hydrogen-bond acceptors (Lipinski definition) is 5. The molecule has 32 heavy (non-hydrogen) atoms. The van der Waals surface area contributed by atoms with Gasteiger partial charge in [-0.25, -0.2) is 4.98 Å². The Morgan fingerprint density at radius 3 is 2.50 bits per heavy atom. The molecule has 0 spiro atoms. The van der Waals surface area contributed by atoms with Crippen LogP contribution in [-0.2, 0) is 11.3 Å². The number of piperazine rings is 1. The molecule has 166 valence electrons. The van der Waals surface area contributed by atoms with Crippen molar-refractivity contribution in [1.29, 1.82) is 0 Å². The molecule has 1 N–H and O–H groups in total. The van der Waals surface area contributed by atoms with Gasteiger partial charge in [0.15, 0.2) is 0 Å². The van der Waals surface area contributed by atoms with Crippen molar-refractivity contribution in [3.63, 3.8) is 0 Å². The molecule has 3 aromatic rings. The zero-order valence-corrected chi connectivity index (χ0v) is 19.7. The van der Waals surface area contributed by atoms with Gasteiger partial charge >= 0.3 is 0 Å². The Bertz CT molecular complexity index is 1140. The van der Waals surface area contributed by atoms with E-state index in [1.165, 1.54) is 0 Å². The molecule has 1 saturated heterocycles. The maximum atomic E-state index is 13.0. The van der Waals surface area contributed by atoms with E-state index in [9.17, 15) is 9.59 Å². The van der Waals surface area contributed by atoms with Gasteiger partial charge in [-0.2, -0.15) is 5.10 Å². The molecule has 0 unspecified atom stereocenters. The zero-order valence-electron chi connectivity index (χ0n) is 18.1. The highest BCUT2D eigenvalue weighted by Gasteiger charge is 2.24. The van der Waals surface area contributed by atoms with Crippen molar-refractivity contribution >= 4 is 39.1 Å². The summed E-state index contributed by atoms with van der Waals surface area (Å²) in [5.41, 5.74) is 4.03. The summed E-state index contributed by atoms with van der Waals surface area (Å²) in [5.74, 6) is -0.119. The molecule has 0 bridgehead atoms. The van der Waals surface area contributed by atoms with E-state index in [1.807, 2.05) is 49.1 Å². The predicted octanol–water partition coefficient (Wildman–Crippen LogP) is 3.26. The standard InChI is InChI=1S/C23H25BrN6O2/c1-16-13-17(2)30(27-16)15-22(31)29-11-9-28(10-12-29)20-6-4-3-5-19(20)23(32)26-18-7-8-25-21(24)14-18/h3-8,13-14H,9-12,15H2,1-2H3,(H,25,26,32). The van der Waals surface area contributed by atoms with Gasteiger partial charge in [0.05, 0.1) is 11.3 Å². The van der Waals surface area contributed by atoms with E-state index < -0.39 is 0 Å². The lowest BCUT2D eigenvalue weighted by molar-refractivity contribution is -0.132.